The summed E-state index contributed by atoms with van der Waals surface area (Å²) in [5.74, 6) is 0.804. The van der Waals surface area contributed by atoms with Gasteiger partial charge in [-0.2, -0.15) is 0 Å². The van der Waals surface area contributed by atoms with Crippen LogP contribution in [0.15, 0.2) is 16.1 Å². The molecule has 0 aromatic carbocycles. The lowest BCUT2D eigenvalue weighted by Crippen LogP contribution is -2.63. The maximum absolute atomic E-state index is 5.42. The van der Waals surface area contributed by atoms with Crippen molar-refractivity contribution in [2.45, 2.75) is 32.4 Å². The van der Waals surface area contributed by atoms with E-state index in [-0.39, 0.29) is 5.41 Å². The van der Waals surface area contributed by atoms with Crippen molar-refractivity contribution < 1.29 is 4.74 Å². The standard InChI is InChI=1S/C12H22BrN3O/c1-8(13)7-15-11(14-4)16-9-6-10(17-5)12(9,2)3/h9-10H,1,6-7H2,2-5H3,(H2,14,15,16). The molecular weight excluding hydrogens is 282 g/mol. The molecule has 2 unspecified atom stereocenters. The van der Waals surface area contributed by atoms with E-state index >= 15 is 0 Å². The first-order valence-corrected chi connectivity index (χ1v) is 6.54. The topological polar surface area (TPSA) is 45.7 Å². The molecular formula is C12H22BrN3O. The van der Waals surface area contributed by atoms with Crippen molar-refractivity contribution in [3.8, 4) is 0 Å². The van der Waals surface area contributed by atoms with Crippen LogP contribution in [0.25, 0.3) is 0 Å². The summed E-state index contributed by atoms with van der Waals surface area (Å²) in [5.41, 5.74) is 0.137. The van der Waals surface area contributed by atoms with Crippen LogP contribution in [0.3, 0.4) is 0 Å². The van der Waals surface area contributed by atoms with Gasteiger partial charge in [-0.25, -0.2) is 0 Å². The number of nitrogens with one attached hydrogen (secondary N) is 2. The van der Waals surface area contributed by atoms with Gasteiger partial charge in [0.05, 0.1) is 6.10 Å². The molecule has 2 N–H and O–H groups in total. The zero-order valence-electron chi connectivity index (χ0n) is 11.0. The van der Waals surface area contributed by atoms with Crippen LogP contribution in [0.1, 0.15) is 20.3 Å². The molecule has 2 atom stereocenters. The van der Waals surface area contributed by atoms with E-state index in [0.29, 0.717) is 18.7 Å². The molecule has 5 heteroatoms. The van der Waals surface area contributed by atoms with Crippen molar-refractivity contribution in [3.05, 3.63) is 11.1 Å². The van der Waals surface area contributed by atoms with Crippen molar-refractivity contribution in [1.29, 1.82) is 0 Å². The molecule has 0 bridgehead atoms. The van der Waals surface area contributed by atoms with Crippen LogP contribution in [0, 0.1) is 5.41 Å². The van der Waals surface area contributed by atoms with Gasteiger partial charge in [-0.15, -0.1) is 0 Å². The second-order valence-corrected chi connectivity index (χ2v) is 6.04. The monoisotopic (exact) mass is 303 g/mol. The molecule has 0 radical (unpaired) electrons. The number of guanidine groups is 1. The van der Waals surface area contributed by atoms with Crippen LogP contribution in [0.5, 0.6) is 0 Å². The average molecular weight is 304 g/mol. The number of hydrogen-bond donors (Lipinski definition) is 2. The second-order valence-electron chi connectivity index (χ2n) is 4.92. The Morgan fingerprint density at radius 3 is 2.65 bits per heavy atom. The van der Waals surface area contributed by atoms with Crippen molar-refractivity contribution in [2.24, 2.45) is 10.4 Å². The summed E-state index contributed by atoms with van der Waals surface area (Å²) in [6.45, 7) is 8.86. The predicted molar refractivity (Wildman–Crippen MR) is 75.5 cm³/mol. The Kier molecular flexibility index (Phi) is 5.01. The highest BCUT2D eigenvalue weighted by atomic mass is 79.9. The third-order valence-electron chi connectivity index (χ3n) is 3.44. The third kappa shape index (κ3) is 3.45. The van der Waals surface area contributed by atoms with E-state index in [4.69, 9.17) is 4.74 Å². The summed E-state index contributed by atoms with van der Waals surface area (Å²) in [6, 6.07) is 0.391. The minimum absolute atomic E-state index is 0.137. The molecule has 1 rings (SSSR count). The maximum atomic E-state index is 5.42. The summed E-state index contributed by atoms with van der Waals surface area (Å²) in [5, 5.41) is 6.60. The Labute approximate surface area is 112 Å². The van der Waals surface area contributed by atoms with Gasteiger partial charge in [0.1, 0.15) is 0 Å². The fraction of sp³-hybridized carbons (Fsp3) is 0.750. The van der Waals surface area contributed by atoms with Gasteiger partial charge >= 0.3 is 0 Å². The molecule has 0 aromatic rings. The number of ether oxygens (including phenoxy) is 1. The quantitative estimate of drug-likeness (QED) is 0.616. The molecule has 17 heavy (non-hydrogen) atoms. The first-order chi connectivity index (χ1) is 7.91. The number of rotatable bonds is 4. The zero-order chi connectivity index (χ0) is 13.1. The number of nitrogens with zero attached hydrogens (tertiary/aromatic N) is 1. The lowest BCUT2D eigenvalue weighted by molar-refractivity contribution is -0.0922. The highest BCUT2D eigenvalue weighted by Crippen LogP contribution is 2.42. The lowest BCUT2D eigenvalue weighted by atomic mass is 9.64. The third-order valence-corrected chi connectivity index (χ3v) is 3.72. The molecule has 0 heterocycles. The zero-order valence-corrected chi connectivity index (χ0v) is 12.6. The summed E-state index contributed by atoms with van der Waals surface area (Å²) in [6.07, 6.45) is 1.34. The molecule has 1 aliphatic carbocycles. The fourth-order valence-electron chi connectivity index (χ4n) is 2.07. The Bertz CT molecular complexity index is 315. The van der Waals surface area contributed by atoms with Crippen LogP contribution >= 0.6 is 15.9 Å². The van der Waals surface area contributed by atoms with Gasteiger partial charge in [0.2, 0.25) is 0 Å². The molecule has 1 fully saturated rings. The van der Waals surface area contributed by atoms with Crippen LogP contribution in [-0.2, 0) is 4.74 Å². The molecule has 0 saturated heterocycles. The van der Waals surface area contributed by atoms with Crippen LogP contribution in [0.2, 0.25) is 0 Å². The van der Waals surface area contributed by atoms with E-state index in [9.17, 15) is 0 Å². The minimum Gasteiger partial charge on any atom is -0.381 e. The highest BCUT2D eigenvalue weighted by Gasteiger charge is 2.48. The van der Waals surface area contributed by atoms with Crippen molar-refractivity contribution in [3.63, 3.8) is 0 Å². The summed E-state index contributed by atoms with van der Waals surface area (Å²) in [7, 11) is 3.54. The summed E-state index contributed by atoms with van der Waals surface area (Å²) >= 11 is 3.31. The van der Waals surface area contributed by atoms with Gasteiger partial charge in [0.25, 0.3) is 0 Å². The van der Waals surface area contributed by atoms with Gasteiger partial charge in [-0.05, 0) is 6.42 Å². The van der Waals surface area contributed by atoms with E-state index < -0.39 is 0 Å². The van der Waals surface area contributed by atoms with Gasteiger partial charge in [-0.3, -0.25) is 4.99 Å². The minimum atomic E-state index is 0.137. The molecule has 1 saturated carbocycles. The Morgan fingerprint density at radius 1 is 1.59 bits per heavy atom. The van der Waals surface area contributed by atoms with Gasteiger partial charge in [0.15, 0.2) is 5.96 Å². The number of halogens is 1. The SMILES string of the molecule is C=C(Br)CNC(=NC)NC1CC(OC)C1(C)C. The highest BCUT2D eigenvalue weighted by molar-refractivity contribution is 9.11. The van der Waals surface area contributed by atoms with E-state index in [2.05, 4.69) is 52.0 Å². The van der Waals surface area contributed by atoms with Gasteiger partial charge < -0.3 is 15.4 Å². The molecule has 0 amide bonds. The Morgan fingerprint density at radius 2 is 2.24 bits per heavy atom. The maximum Gasteiger partial charge on any atom is 0.191 e. The fourth-order valence-corrected chi connectivity index (χ4v) is 2.21. The van der Waals surface area contributed by atoms with E-state index in [1.807, 2.05) is 0 Å². The predicted octanol–water partition coefficient (Wildman–Crippen LogP) is 1.87. The Hall–Kier alpha value is -0.550. The molecule has 0 aromatic heterocycles. The normalized spacial score (nSPS) is 27.2. The number of hydrogen-bond acceptors (Lipinski definition) is 2. The van der Waals surface area contributed by atoms with Gasteiger partial charge in [0, 0.05) is 36.6 Å². The Balaban J connectivity index is 2.46. The van der Waals surface area contributed by atoms with Crippen LogP contribution < -0.4 is 10.6 Å². The number of methoxy groups -OCH3 is 1. The van der Waals surface area contributed by atoms with Crippen molar-refractivity contribution in [1.82, 2.24) is 10.6 Å². The molecule has 0 spiro atoms. The summed E-state index contributed by atoms with van der Waals surface area (Å²) in [4.78, 5) is 4.19. The first kappa shape index (κ1) is 14.5. The van der Waals surface area contributed by atoms with E-state index in [1.54, 1.807) is 14.2 Å². The molecule has 98 valence electrons. The first-order valence-electron chi connectivity index (χ1n) is 5.75. The lowest BCUT2D eigenvalue weighted by Gasteiger charge is -2.51. The van der Waals surface area contributed by atoms with E-state index in [1.165, 1.54) is 0 Å². The second kappa shape index (κ2) is 5.87. The largest absolute Gasteiger partial charge is 0.381 e. The smallest absolute Gasteiger partial charge is 0.191 e. The van der Waals surface area contributed by atoms with Crippen molar-refractivity contribution in [2.75, 3.05) is 20.7 Å². The van der Waals surface area contributed by atoms with Gasteiger partial charge in [-0.1, -0.05) is 36.4 Å². The van der Waals surface area contributed by atoms with Crippen LogP contribution in [0.4, 0.5) is 0 Å². The number of aliphatic imine (C=N–C) groups is 1. The molecule has 0 aliphatic heterocycles. The molecule has 4 nitrogen and oxygen atoms in total. The van der Waals surface area contributed by atoms with E-state index in [0.717, 1.165) is 16.9 Å². The van der Waals surface area contributed by atoms with Crippen LogP contribution in [-0.4, -0.2) is 38.8 Å². The summed E-state index contributed by atoms with van der Waals surface area (Å²) < 4.78 is 6.33. The average Bonchev–Trinajstić information content (AvgIpc) is 2.27. The van der Waals surface area contributed by atoms with Crippen molar-refractivity contribution >= 4 is 21.9 Å². The molecule has 1 aliphatic rings.